The number of hydrogen-bond acceptors (Lipinski definition) is 2. The molecule has 1 heterocycles. The van der Waals surface area contributed by atoms with Crippen molar-refractivity contribution in [2.45, 2.75) is 25.3 Å². The SMILES string of the molecule is Cc1nc(C(F)(F)F)ccc1C(=O)NC(c1ccccc1)C(F)(F)F. The summed E-state index contributed by atoms with van der Waals surface area (Å²) < 4.78 is 77.4. The number of halogens is 6. The van der Waals surface area contributed by atoms with Crippen LogP contribution in [0, 0.1) is 6.92 Å². The third-order valence-corrected chi connectivity index (χ3v) is 3.36. The number of carbonyl (C=O) groups is 1. The van der Waals surface area contributed by atoms with Crippen LogP contribution in [0.15, 0.2) is 42.5 Å². The van der Waals surface area contributed by atoms with E-state index >= 15 is 0 Å². The fourth-order valence-corrected chi connectivity index (χ4v) is 2.17. The number of carbonyl (C=O) groups excluding carboxylic acids is 1. The van der Waals surface area contributed by atoms with E-state index < -0.39 is 30.0 Å². The van der Waals surface area contributed by atoms with Crippen LogP contribution in [-0.4, -0.2) is 17.1 Å². The van der Waals surface area contributed by atoms with Crippen molar-refractivity contribution in [2.24, 2.45) is 0 Å². The Balaban J connectivity index is 2.31. The maximum Gasteiger partial charge on any atom is 0.433 e. The number of aryl methyl sites for hydroxylation is 1. The highest BCUT2D eigenvalue weighted by Crippen LogP contribution is 2.33. The zero-order chi connectivity index (χ0) is 18.8. The van der Waals surface area contributed by atoms with Crippen molar-refractivity contribution >= 4 is 5.91 Å². The van der Waals surface area contributed by atoms with Gasteiger partial charge in [-0.1, -0.05) is 30.3 Å². The van der Waals surface area contributed by atoms with Crippen molar-refractivity contribution in [3.63, 3.8) is 0 Å². The van der Waals surface area contributed by atoms with Gasteiger partial charge in [-0.3, -0.25) is 4.79 Å². The van der Waals surface area contributed by atoms with Crippen LogP contribution in [0.2, 0.25) is 0 Å². The molecule has 0 saturated carbocycles. The highest BCUT2D eigenvalue weighted by Gasteiger charge is 2.42. The van der Waals surface area contributed by atoms with Crippen LogP contribution in [0.25, 0.3) is 0 Å². The zero-order valence-corrected chi connectivity index (χ0v) is 12.7. The Hall–Kier alpha value is -2.58. The first-order chi connectivity index (χ1) is 11.5. The summed E-state index contributed by atoms with van der Waals surface area (Å²) in [4.78, 5) is 15.4. The quantitative estimate of drug-likeness (QED) is 0.820. The van der Waals surface area contributed by atoms with Gasteiger partial charge >= 0.3 is 12.4 Å². The molecule has 134 valence electrons. The lowest BCUT2D eigenvalue weighted by Gasteiger charge is -2.22. The van der Waals surface area contributed by atoms with Crippen LogP contribution >= 0.6 is 0 Å². The number of amides is 1. The normalized spacial score (nSPS) is 13.4. The van der Waals surface area contributed by atoms with Crippen molar-refractivity contribution in [3.05, 3.63) is 65.0 Å². The molecule has 0 aliphatic heterocycles. The van der Waals surface area contributed by atoms with Gasteiger partial charge in [0.25, 0.3) is 5.91 Å². The van der Waals surface area contributed by atoms with E-state index in [4.69, 9.17) is 0 Å². The molecule has 0 fully saturated rings. The molecule has 2 aromatic rings. The lowest BCUT2D eigenvalue weighted by atomic mass is 10.1. The van der Waals surface area contributed by atoms with Gasteiger partial charge in [0.1, 0.15) is 5.69 Å². The molecule has 9 heteroatoms. The summed E-state index contributed by atoms with van der Waals surface area (Å²) in [6.07, 6.45) is -9.48. The molecule has 1 atom stereocenters. The maximum atomic E-state index is 13.2. The number of nitrogens with one attached hydrogen (secondary N) is 1. The van der Waals surface area contributed by atoms with Crippen molar-refractivity contribution in [3.8, 4) is 0 Å². The number of alkyl halides is 6. The molecule has 0 bridgehead atoms. The van der Waals surface area contributed by atoms with Crippen LogP contribution in [0.4, 0.5) is 26.3 Å². The molecule has 3 nitrogen and oxygen atoms in total. The van der Waals surface area contributed by atoms with Gasteiger partial charge in [0.2, 0.25) is 0 Å². The Morgan fingerprint density at radius 3 is 2.08 bits per heavy atom. The molecule has 1 amide bonds. The largest absolute Gasteiger partial charge is 0.433 e. The maximum absolute atomic E-state index is 13.2. The summed E-state index contributed by atoms with van der Waals surface area (Å²) in [5.74, 6) is -1.16. The molecular formula is C16H12F6N2O. The van der Waals surface area contributed by atoms with Crippen LogP contribution in [0.5, 0.6) is 0 Å². The molecule has 1 N–H and O–H groups in total. The Morgan fingerprint density at radius 2 is 1.60 bits per heavy atom. The molecule has 0 saturated heterocycles. The van der Waals surface area contributed by atoms with E-state index in [2.05, 4.69) is 4.98 Å². The second-order valence-electron chi connectivity index (χ2n) is 5.19. The molecule has 2 rings (SSSR count). The minimum atomic E-state index is -4.77. The Labute approximate surface area is 138 Å². The van der Waals surface area contributed by atoms with Gasteiger partial charge in [0, 0.05) is 0 Å². The number of rotatable bonds is 3. The van der Waals surface area contributed by atoms with Crippen LogP contribution in [0.1, 0.15) is 33.4 Å². The molecular weight excluding hydrogens is 350 g/mol. The summed E-state index contributed by atoms with van der Waals surface area (Å²) in [6, 6.07) is 5.72. The first kappa shape index (κ1) is 18.8. The van der Waals surface area contributed by atoms with Crippen LogP contribution < -0.4 is 5.32 Å². The van der Waals surface area contributed by atoms with Crippen molar-refractivity contribution in [1.82, 2.24) is 10.3 Å². The third-order valence-electron chi connectivity index (χ3n) is 3.36. The Morgan fingerprint density at radius 1 is 1.00 bits per heavy atom. The van der Waals surface area contributed by atoms with Crippen molar-refractivity contribution < 1.29 is 31.1 Å². The fourth-order valence-electron chi connectivity index (χ4n) is 2.17. The van der Waals surface area contributed by atoms with Gasteiger partial charge in [-0.05, 0) is 24.6 Å². The standard InChI is InChI=1S/C16H12F6N2O/c1-9-11(7-8-12(23-9)15(17,18)19)14(25)24-13(16(20,21)22)10-5-3-2-4-6-10/h2-8,13H,1H3,(H,24,25). The lowest BCUT2D eigenvalue weighted by molar-refractivity contribution is -0.155. The minimum Gasteiger partial charge on any atom is -0.337 e. The van der Waals surface area contributed by atoms with Crippen molar-refractivity contribution in [1.29, 1.82) is 0 Å². The number of benzene rings is 1. The first-order valence-electron chi connectivity index (χ1n) is 6.97. The minimum absolute atomic E-state index is 0.194. The number of nitrogens with zero attached hydrogens (tertiary/aromatic N) is 1. The Kier molecular flexibility index (Phi) is 5.05. The highest BCUT2D eigenvalue weighted by molar-refractivity contribution is 5.95. The second-order valence-corrected chi connectivity index (χ2v) is 5.19. The van der Waals surface area contributed by atoms with E-state index in [0.717, 1.165) is 13.0 Å². The van der Waals surface area contributed by atoms with Crippen LogP contribution in [0.3, 0.4) is 0 Å². The second kappa shape index (κ2) is 6.73. The van der Waals surface area contributed by atoms with Gasteiger partial charge in [0.05, 0.1) is 11.3 Å². The summed E-state index contributed by atoms with van der Waals surface area (Å²) in [5, 5.41) is 1.80. The Bertz CT molecular complexity index is 755. The topological polar surface area (TPSA) is 42.0 Å². The predicted molar refractivity (Wildman–Crippen MR) is 76.7 cm³/mol. The number of pyridine rings is 1. The first-order valence-corrected chi connectivity index (χ1v) is 6.97. The van der Waals surface area contributed by atoms with Crippen molar-refractivity contribution in [2.75, 3.05) is 0 Å². The monoisotopic (exact) mass is 362 g/mol. The average Bonchev–Trinajstić information content (AvgIpc) is 2.51. The van der Waals surface area contributed by atoms with E-state index in [1.165, 1.54) is 30.3 Å². The van der Waals surface area contributed by atoms with Gasteiger partial charge in [0.15, 0.2) is 6.04 Å². The zero-order valence-electron chi connectivity index (χ0n) is 12.7. The number of hydrogen-bond donors (Lipinski definition) is 1. The molecule has 25 heavy (non-hydrogen) atoms. The molecule has 1 unspecified atom stereocenters. The molecule has 0 aliphatic carbocycles. The van der Waals surface area contributed by atoms with E-state index in [1.54, 1.807) is 5.32 Å². The lowest BCUT2D eigenvalue weighted by Crippen LogP contribution is -2.38. The van der Waals surface area contributed by atoms with Gasteiger partial charge in [-0.15, -0.1) is 0 Å². The fraction of sp³-hybridized carbons (Fsp3) is 0.250. The van der Waals surface area contributed by atoms with E-state index in [1.807, 2.05) is 0 Å². The summed E-state index contributed by atoms with van der Waals surface area (Å²) in [6.45, 7) is 1.12. The summed E-state index contributed by atoms with van der Waals surface area (Å²) >= 11 is 0. The highest BCUT2D eigenvalue weighted by atomic mass is 19.4. The van der Waals surface area contributed by atoms with E-state index in [0.29, 0.717) is 6.07 Å². The molecule has 1 aromatic carbocycles. The smallest absolute Gasteiger partial charge is 0.337 e. The molecule has 0 aliphatic rings. The van der Waals surface area contributed by atoms with Gasteiger partial charge in [-0.25, -0.2) is 4.98 Å². The third kappa shape index (κ3) is 4.49. The van der Waals surface area contributed by atoms with Crippen LogP contribution in [-0.2, 0) is 6.18 Å². The van der Waals surface area contributed by atoms with E-state index in [-0.39, 0.29) is 16.8 Å². The van der Waals surface area contributed by atoms with Gasteiger partial charge < -0.3 is 5.32 Å². The molecule has 0 spiro atoms. The predicted octanol–water partition coefficient (Wildman–Crippen LogP) is 4.44. The van der Waals surface area contributed by atoms with E-state index in [9.17, 15) is 31.1 Å². The molecule has 0 radical (unpaired) electrons. The van der Waals surface area contributed by atoms with Gasteiger partial charge in [-0.2, -0.15) is 26.3 Å². The number of aromatic nitrogens is 1. The average molecular weight is 362 g/mol. The summed E-state index contributed by atoms with van der Waals surface area (Å²) in [5.41, 5.74) is -2.10. The molecule has 1 aromatic heterocycles. The summed E-state index contributed by atoms with van der Waals surface area (Å²) in [7, 11) is 0.